The molecule has 2 bridgehead atoms. The molecular formula is C28H36N6O5. The summed E-state index contributed by atoms with van der Waals surface area (Å²) in [6, 6.07) is 5.74. The number of nitrogens with two attached hydrogens (primary N) is 1. The molecule has 0 unspecified atom stereocenters. The number of piperazine rings is 1. The zero-order chi connectivity index (χ0) is 28.1. The molecule has 3 saturated heterocycles. The minimum Gasteiger partial charge on any atom is -0.444 e. The number of nitriles is 1. The van der Waals surface area contributed by atoms with Gasteiger partial charge in [0.1, 0.15) is 17.7 Å². The van der Waals surface area contributed by atoms with Gasteiger partial charge < -0.3 is 25.6 Å². The van der Waals surface area contributed by atoms with Gasteiger partial charge in [0.25, 0.3) is 0 Å². The Morgan fingerprint density at radius 3 is 2.67 bits per heavy atom. The molecule has 11 heteroatoms. The fourth-order valence-electron chi connectivity index (χ4n) is 6.57. The Balaban J connectivity index is 1.30. The number of benzene rings is 1. The van der Waals surface area contributed by atoms with E-state index in [0.29, 0.717) is 31.5 Å². The van der Waals surface area contributed by atoms with Crippen molar-refractivity contribution in [3.8, 4) is 6.07 Å². The van der Waals surface area contributed by atoms with Crippen LogP contribution < -0.4 is 11.1 Å². The van der Waals surface area contributed by atoms with Crippen molar-refractivity contribution in [1.82, 2.24) is 20.0 Å². The topological polar surface area (TPSA) is 149 Å². The van der Waals surface area contributed by atoms with E-state index in [2.05, 4.69) is 11.4 Å². The predicted molar refractivity (Wildman–Crippen MR) is 140 cm³/mol. The monoisotopic (exact) mass is 536 g/mol. The van der Waals surface area contributed by atoms with Gasteiger partial charge in [0.2, 0.25) is 17.7 Å². The molecule has 5 rings (SSSR count). The zero-order valence-corrected chi connectivity index (χ0v) is 22.7. The number of primary amides is 1. The summed E-state index contributed by atoms with van der Waals surface area (Å²) in [5.41, 5.74) is 7.29. The maximum atomic E-state index is 13.6. The van der Waals surface area contributed by atoms with Crippen molar-refractivity contribution < 1.29 is 23.9 Å². The van der Waals surface area contributed by atoms with Gasteiger partial charge in [-0.1, -0.05) is 6.07 Å². The number of hydrogen-bond acceptors (Lipinski definition) is 7. The first-order valence-electron chi connectivity index (χ1n) is 13.7. The predicted octanol–water partition coefficient (Wildman–Crippen LogP) is 1.47. The van der Waals surface area contributed by atoms with Crippen LogP contribution in [0.2, 0.25) is 0 Å². The summed E-state index contributed by atoms with van der Waals surface area (Å²) in [6.45, 7) is 6.45. The summed E-state index contributed by atoms with van der Waals surface area (Å²) >= 11 is 0. The molecule has 4 aliphatic rings. The number of nitrogens with one attached hydrogen (secondary N) is 1. The number of rotatable bonds is 6. The summed E-state index contributed by atoms with van der Waals surface area (Å²) in [7, 11) is 0. The van der Waals surface area contributed by atoms with Gasteiger partial charge in [-0.25, -0.2) is 4.79 Å². The fraction of sp³-hybridized carbons (Fsp3) is 0.607. The van der Waals surface area contributed by atoms with E-state index in [9.17, 15) is 24.4 Å². The Morgan fingerprint density at radius 2 is 2.00 bits per heavy atom. The minimum atomic E-state index is -0.936. The van der Waals surface area contributed by atoms with Gasteiger partial charge in [-0.05, 0) is 76.1 Å². The molecule has 0 aromatic heterocycles. The van der Waals surface area contributed by atoms with E-state index in [-0.39, 0.29) is 36.5 Å². The number of carbonyl (C=O) groups excluding carboxylic acids is 4. The van der Waals surface area contributed by atoms with E-state index in [4.69, 9.17) is 10.5 Å². The molecule has 208 valence electrons. The fourth-order valence-corrected chi connectivity index (χ4v) is 6.57. The van der Waals surface area contributed by atoms with Crippen LogP contribution in [0.4, 0.5) is 4.79 Å². The summed E-state index contributed by atoms with van der Waals surface area (Å²) in [6.07, 6.45) is 2.85. The molecule has 11 nitrogen and oxygen atoms in total. The zero-order valence-electron chi connectivity index (χ0n) is 22.7. The Bertz CT molecular complexity index is 1240. The van der Waals surface area contributed by atoms with Gasteiger partial charge in [-0.15, -0.1) is 0 Å². The SMILES string of the molecule is CC(C)(C)OC(=O)N[C@@H](CN1C[C@@H]2C[C@H]1C(=O)N2[C@H]1CCc2cc(C(N)=O)ccc21)C(=O)N1CCC[C@H]1C#N. The first-order chi connectivity index (χ1) is 18.5. The van der Waals surface area contributed by atoms with Crippen molar-refractivity contribution >= 4 is 23.8 Å². The molecule has 3 fully saturated rings. The molecule has 3 N–H and O–H groups in total. The van der Waals surface area contributed by atoms with Crippen molar-refractivity contribution in [3.05, 3.63) is 34.9 Å². The molecule has 3 aliphatic heterocycles. The van der Waals surface area contributed by atoms with E-state index in [1.165, 1.54) is 4.90 Å². The second-order valence-corrected chi connectivity index (χ2v) is 12.0. The maximum absolute atomic E-state index is 13.6. The first-order valence-corrected chi connectivity index (χ1v) is 13.7. The molecule has 1 aromatic carbocycles. The van der Waals surface area contributed by atoms with Crippen molar-refractivity contribution in [2.45, 2.75) is 88.7 Å². The van der Waals surface area contributed by atoms with Crippen LogP contribution in [-0.4, -0.2) is 87.9 Å². The van der Waals surface area contributed by atoms with Crippen LogP contribution >= 0.6 is 0 Å². The van der Waals surface area contributed by atoms with Gasteiger partial charge in [0.05, 0.1) is 18.2 Å². The molecule has 4 amide bonds. The van der Waals surface area contributed by atoms with Gasteiger partial charge in [0, 0.05) is 31.2 Å². The van der Waals surface area contributed by atoms with Crippen LogP contribution in [0.3, 0.4) is 0 Å². The highest BCUT2D eigenvalue weighted by Crippen LogP contribution is 2.44. The summed E-state index contributed by atoms with van der Waals surface area (Å²) in [5, 5.41) is 12.2. The number of likely N-dealkylation sites (tertiary alicyclic amines) is 3. The molecular weight excluding hydrogens is 500 g/mol. The summed E-state index contributed by atoms with van der Waals surface area (Å²) in [5.74, 6) is -0.776. The number of ether oxygens (including phenoxy) is 1. The van der Waals surface area contributed by atoms with Gasteiger partial charge in [-0.2, -0.15) is 5.26 Å². The van der Waals surface area contributed by atoms with Crippen LogP contribution in [0.5, 0.6) is 0 Å². The summed E-state index contributed by atoms with van der Waals surface area (Å²) in [4.78, 5) is 56.9. The largest absolute Gasteiger partial charge is 0.444 e. The Labute approximate surface area is 228 Å². The van der Waals surface area contributed by atoms with E-state index in [0.717, 1.165) is 30.4 Å². The van der Waals surface area contributed by atoms with Crippen molar-refractivity contribution in [2.24, 2.45) is 5.73 Å². The Hall–Kier alpha value is -3.65. The number of aryl methyl sites for hydroxylation is 1. The lowest BCUT2D eigenvalue weighted by Crippen LogP contribution is -2.59. The van der Waals surface area contributed by atoms with Crippen LogP contribution in [-0.2, 0) is 20.7 Å². The first kappa shape index (κ1) is 26.9. The van der Waals surface area contributed by atoms with E-state index in [1.54, 1.807) is 26.8 Å². The smallest absolute Gasteiger partial charge is 0.408 e. The van der Waals surface area contributed by atoms with Crippen LogP contribution in [0.25, 0.3) is 0 Å². The van der Waals surface area contributed by atoms with Gasteiger partial charge in [0.15, 0.2) is 0 Å². The highest BCUT2D eigenvalue weighted by molar-refractivity contribution is 5.93. The maximum Gasteiger partial charge on any atom is 0.408 e. The molecule has 0 saturated carbocycles. The highest BCUT2D eigenvalue weighted by atomic mass is 16.6. The quantitative estimate of drug-likeness (QED) is 0.559. The standard InChI is InChI=1S/C28H36N6O5/c1-28(2,3)39-27(38)31-21(25(36)33-10-4-5-18(33)13-29)15-32-14-19-12-23(32)26(37)34(19)22-9-7-16-11-17(24(30)35)6-8-20(16)22/h6,8,11,18-19,21-23H,4-5,7,9-10,12,14-15H2,1-3H3,(H2,30,35)(H,31,38)/t18-,19-,21-,22-,23-/m0/s1. The second-order valence-electron chi connectivity index (χ2n) is 12.0. The Kier molecular flexibility index (Phi) is 7.01. The average Bonchev–Trinajstić information content (AvgIpc) is 3.64. The number of amides is 4. The number of nitrogens with zero attached hydrogens (tertiary/aromatic N) is 4. The molecule has 0 spiro atoms. The van der Waals surface area contributed by atoms with Gasteiger partial charge in [-0.3, -0.25) is 19.3 Å². The number of fused-ring (bicyclic) bond motifs is 3. The third kappa shape index (κ3) is 5.17. The summed E-state index contributed by atoms with van der Waals surface area (Å²) < 4.78 is 5.41. The van der Waals surface area contributed by atoms with E-state index < -0.39 is 29.7 Å². The molecule has 5 atom stereocenters. The molecule has 1 aromatic rings. The normalized spacial score (nSPS) is 26.9. The third-order valence-corrected chi connectivity index (χ3v) is 8.21. The molecule has 0 radical (unpaired) electrons. The molecule has 1 aliphatic carbocycles. The van der Waals surface area contributed by atoms with E-state index in [1.807, 2.05) is 21.9 Å². The lowest BCUT2D eigenvalue weighted by atomic mass is 10.0. The van der Waals surface area contributed by atoms with Crippen LogP contribution in [0.15, 0.2) is 18.2 Å². The lowest BCUT2D eigenvalue weighted by molar-refractivity contribution is -0.141. The minimum absolute atomic E-state index is 0.00908. The van der Waals surface area contributed by atoms with Crippen LogP contribution in [0.1, 0.15) is 74.0 Å². The van der Waals surface area contributed by atoms with E-state index >= 15 is 0 Å². The van der Waals surface area contributed by atoms with Crippen LogP contribution in [0, 0.1) is 11.3 Å². The van der Waals surface area contributed by atoms with Gasteiger partial charge >= 0.3 is 6.09 Å². The molecule has 39 heavy (non-hydrogen) atoms. The van der Waals surface area contributed by atoms with Crippen molar-refractivity contribution in [2.75, 3.05) is 19.6 Å². The number of carbonyl (C=O) groups is 4. The average molecular weight is 537 g/mol. The Morgan fingerprint density at radius 1 is 1.23 bits per heavy atom. The third-order valence-electron chi connectivity index (χ3n) is 8.21. The van der Waals surface area contributed by atoms with Crippen molar-refractivity contribution in [3.63, 3.8) is 0 Å². The van der Waals surface area contributed by atoms with Crippen molar-refractivity contribution in [1.29, 1.82) is 5.26 Å². The lowest BCUT2D eigenvalue weighted by Gasteiger charge is -2.39. The number of alkyl carbamates (subject to hydrolysis) is 1. The second kappa shape index (κ2) is 10.2. The number of hydrogen-bond donors (Lipinski definition) is 2. The molecule has 3 heterocycles. The highest BCUT2D eigenvalue weighted by Gasteiger charge is 2.53.